The van der Waals surface area contributed by atoms with Crippen molar-refractivity contribution in [1.29, 1.82) is 0 Å². The molecule has 39 heteroatoms. The summed E-state index contributed by atoms with van der Waals surface area (Å²) in [5.41, 5.74) is -0.921. The predicted octanol–water partition coefficient (Wildman–Crippen LogP) is 2.82. The Bertz CT molecular complexity index is 2190. The Kier molecular flexibility index (Phi) is 47.1. The van der Waals surface area contributed by atoms with Crippen molar-refractivity contribution in [2.75, 3.05) is 146 Å². The van der Waals surface area contributed by atoms with Gasteiger partial charge in [0.15, 0.2) is 12.6 Å². The molecule has 1 saturated carbocycles. The van der Waals surface area contributed by atoms with Crippen LogP contribution in [-0.4, -0.2) is 280 Å². The maximum absolute atomic E-state index is 11.8. The zero-order chi connectivity index (χ0) is 71.2. The minimum absolute atomic E-state index is 0.0000759. The third kappa shape index (κ3) is 36.8. The standard InChI is InChI=1S/C57H113NO30P4S4/c1-41-45(34-59)33-46(42(2)50(41)63)77-23-10-13-27-81-90(69,94)84-30-16-20-74-38-57(37-73-19-8-6-7-9-26-80-89(68,93)72-5,39-75-21-17-31-85-91(70,95)82-28-14-11-24-78-55-43(3)51(64)52(65)47(35-60)87-55)40-76-22-18-32-86-92(71,96)83-29-15-12-25-79-56-49(58-44(4)62)54(67)53(66)48(36-61)88-56/h41-43,45-56,59-61,63-67H,6-40H2,1-5H3,(H,58,62)(H,68,93)(H,69,94)(H,70,95)(H,71,96)/t41-,42?,43?,45?,46+,47?,48?,49?,50-,51+,52-,53-,54+,55+,56+,57?,89?,90?,91?,92?/m0/s1. The first kappa shape index (κ1) is 91.1. The van der Waals surface area contributed by atoms with Gasteiger partial charge in [0.25, 0.3) is 0 Å². The lowest BCUT2D eigenvalue weighted by Gasteiger charge is -2.42. The van der Waals surface area contributed by atoms with Crippen LogP contribution in [0.15, 0.2) is 0 Å². The fourth-order valence-corrected chi connectivity index (χ4v) is 14.8. The summed E-state index contributed by atoms with van der Waals surface area (Å²) < 4.78 is 97.3. The first-order chi connectivity index (χ1) is 45.6. The summed E-state index contributed by atoms with van der Waals surface area (Å²) in [7, 11) is 1.29. The maximum Gasteiger partial charge on any atom is 0.324 e. The lowest BCUT2D eigenvalue weighted by molar-refractivity contribution is -0.282. The van der Waals surface area contributed by atoms with Crippen LogP contribution in [0.3, 0.4) is 0 Å². The molecule has 0 spiro atoms. The Labute approximate surface area is 586 Å². The molecule has 31 nitrogen and oxygen atoms in total. The highest BCUT2D eigenvalue weighted by Crippen LogP contribution is 2.46. The quantitative estimate of drug-likeness (QED) is 0.0307. The van der Waals surface area contributed by atoms with Crippen molar-refractivity contribution in [2.45, 2.75) is 185 Å². The van der Waals surface area contributed by atoms with Crippen LogP contribution in [-0.2, 0) is 131 Å². The monoisotopic (exact) mass is 1540 g/mol. The van der Waals surface area contributed by atoms with Crippen molar-refractivity contribution < 1.29 is 144 Å². The van der Waals surface area contributed by atoms with E-state index in [2.05, 4.69) is 5.32 Å². The van der Waals surface area contributed by atoms with E-state index < -0.39 is 119 Å². The van der Waals surface area contributed by atoms with Crippen molar-refractivity contribution in [3.8, 4) is 0 Å². The molecule has 1 amide bonds. The molecule has 11 unspecified atom stereocenters. The Hall–Kier alpha value is 0.910. The van der Waals surface area contributed by atoms with Gasteiger partial charge in [-0.05, 0) is 136 Å². The SMILES string of the molecule is COP(O)(=S)OCCCCCCOCC(COCCCOP(O)(=S)OCCCCO[C@@H]1OC(CO)[C@H](O)[C@H](O)C1C)(COCCCOP(O)(=S)OCCCCO[C@@H]1OC(CO)[C@H](O)[C@H](O)C1NC(C)=O)COCCCOP(O)(=S)OCCCCO[C@@H]1CC(CO)[C@H](C)[C@H](O)C1C. The van der Waals surface area contributed by atoms with E-state index in [-0.39, 0.29) is 143 Å². The van der Waals surface area contributed by atoms with Crippen LogP contribution in [0.25, 0.3) is 0 Å². The molecule has 570 valence electrons. The number of hydrogen-bond acceptors (Lipinski definition) is 30. The lowest BCUT2D eigenvalue weighted by Crippen LogP contribution is -2.64. The molecular formula is C57H113NO30P4S4. The molecule has 0 radical (unpaired) electrons. The summed E-state index contributed by atoms with van der Waals surface area (Å²) in [5, 5.41) is 83.3. The van der Waals surface area contributed by atoms with Gasteiger partial charge in [-0.1, -0.05) is 33.6 Å². The van der Waals surface area contributed by atoms with Gasteiger partial charge >= 0.3 is 26.9 Å². The van der Waals surface area contributed by atoms with E-state index in [1.807, 2.05) is 13.8 Å². The highest BCUT2D eigenvalue weighted by molar-refractivity contribution is 8.08. The first-order valence-electron chi connectivity index (χ1n) is 32.9. The second-order valence-corrected chi connectivity index (χ2v) is 35.7. The van der Waals surface area contributed by atoms with Gasteiger partial charge in [0, 0.05) is 78.7 Å². The Balaban J connectivity index is 1.56. The normalized spacial score (nSPS) is 29.7. The molecule has 3 rings (SSSR count). The lowest BCUT2D eigenvalue weighted by atomic mass is 9.72. The molecular weight excluding hydrogens is 1430 g/mol. The largest absolute Gasteiger partial charge is 0.396 e. The van der Waals surface area contributed by atoms with Gasteiger partial charge in [0.2, 0.25) is 5.91 Å². The fraction of sp³-hybridized carbons (Fsp3) is 0.982. The first-order valence-corrected chi connectivity index (χ1v) is 43.3. The molecule has 0 aromatic heterocycles. The highest BCUT2D eigenvalue weighted by Gasteiger charge is 2.46. The minimum atomic E-state index is -3.69. The van der Waals surface area contributed by atoms with E-state index in [1.165, 1.54) is 14.0 Å². The van der Waals surface area contributed by atoms with Gasteiger partial charge in [-0.25, -0.2) is 0 Å². The van der Waals surface area contributed by atoms with Crippen molar-refractivity contribution in [3.63, 3.8) is 0 Å². The molecule has 0 aromatic rings. The van der Waals surface area contributed by atoms with Crippen LogP contribution in [0, 0.1) is 29.1 Å². The van der Waals surface area contributed by atoms with Gasteiger partial charge in [0.05, 0.1) is 110 Å². The number of rotatable bonds is 57. The number of hydrogen-bond donors (Lipinski definition) is 13. The van der Waals surface area contributed by atoms with Gasteiger partial charge in [-0.15, -0.1) is 0 Å². The fourth-order valence-electron chi connectivity index (χ4n) is 10.4. The van der Waals surface area contributed by atoms with E-state index >= 15 is 0 Å². The second-order valence-electron chi connectivity index (χ2n) is 24.2. The van der Waals surface area contributed by atoms with Crippen molar-refractivity contribution in [2.24, 2.45) is 29.1 Å². The van der Waals surface area contributed by atoms with Gasteiger partial charge in [0.1, 0.15) is 36.6 Å². The summed E-state index contributed by atoms with van der Waals surface area (Å²) in [5.74, 6) is -1.16. The number of nitrogens with one attached hydrogen (secondary N) is 1. The smallest absolute Gasteiger partial charge is 0.324 e. The summed E-state index contributed by atoms with van der Waals surface area (Å²) in [6.07, 6.45) is -2.88. The topological polar surface area (TPSA) is 429 Å². The van der Waals surface area contributed by atoms with E-state index in [0.29, 0.717) is 83.8 Å². The summed E-state index contributed by atoms with van der Waals surface area (Å²) >= 11 is 20.7. The zero-order valence-corrected chi connectivity index (χ0v) is 62.9. The van der Waals surface area contributed by atoms with Gasteiger partial charge in [-0.2, -0.15) is 0 Å². The second kappa shape index (κ2) is 49.7. The molecule has 96 heavy (non-hydrogen) atoms. The number of ether oxygens (including phenoxy) is 9. The predicted molar refractivity (Wildman–Crippen MR) is 364 cm³/mol. The van der Waals surface area contributed by atoms with E-state index in [4.69, 9.17) is 126 Å². The van der Waals surface area contributed by atoms with Crippen molar-refractivity contribution in [1.82, 2.24) is 5.32 Å². The van der Waals surface area contributed by atoms with Gasteiger partial charge in [-0.3, -0.25) is 4.79 Å². The van der Waals surface area contributed by atoms with Crippen LogP contribution in [0.1, 0.15) is 118 Å². The van der Waals surface area contributed by atoms with Crippen LogP contribution >= 0.6 is 26.9 Å². The molecule has 0 bridgehead atoms. The molecule has 0 aromatic carbocycles. The molecule has 2 heterocycles. The van der Waals surface area contributed by atoms with E-state index in [9.17, 15) is 65.2 Å². The molecule has 1 aliphatic carbocycles. The Morgan fingerprint density at radius 1 is 0.438 bits per heavy atom. The number of carbonyl (C=O) groups is 1. The number of carbonyl (C=O) groups excluding carboxylic acids is 1. The minimum Gasteiger partial charge on any atom is -0.396 e. The number of aliphatic hydroxyl groups excluding tert-OH is 8. The summed E-state index contributed by atoms with van der Waals surface area (Å²) in [6.45, 7) is -6.19. The summed E-state index contributed by atoms with van der Waals surface area (Å²) in [6, 6.07) is -1.09. The zero-order valence-electron chi connectivity index (χ0n) is 56.0. The molecule has 20 atom stereocenters. The van der Waals surface area contributed by atoms with E-state index in [0.717, 1.165) is 12.8 Å². The Morgan fingerprint density at radius 3 is 1.21 bits per heavy atom. The molecule has 13 N–H and O–H groups in total. The van der Waals surface area contributed by atoms with Crippen molar-refractivity contribution >= 4 is 80.0 Å². The number of aliphatic hydroxyl groups is 8. The van der Waals surface area contributed by atoms with Crippen LogP contribution in [0.4, 0.5) is 0 Å². The number of unbranched alkanes of at least 4 members (excludes halogenated alkanes) is 6. The van der Waals surface area contributed by atoms with Crippen LogP contribution in [0.2, 0.25) is 0 Å². The average Bonchev–Trinajstić information content (AvgIpc) is 0.840. The maximum atomic E-state index is 11.8. The van der Waals surface area contributed by atoms with Crippen molar-refractivity contribution in [3.05, 3.63) is 0 Å². The average molecular weight is 1540 g/mol. The van der Waals surface area contributed by atoms with Crippen LogP contribution < -0.4 is 5.32 Å². The van der Waals surface area contributed by atoms with Gasteiger partial charge < -0.3 is 145 Å². The number of amides is 1. The van der Waals surface area contributed by atoms with E-state index in [1.54, 1.807) is 6.92 Å². The third-order valence-corrected chi connectivity index (χ3v) is 22.9. The molecule has 3 aliphatic rings. The van der Waals surface area contributed by atoms with Crippen LogP contribution in [0.5, 0.6) is 0 Å². The highest BCUT2D eigenvalue weighted by atomic mass is 32.5. The molecule has 2 aliphatic heterocycles. The Morgan fingerprint density at radius 2 is 0.792 bits per heavy atom. The summed E-state index contributed by atoms with van der Waals surface area (Å²) in [4.78, 5) is 54.1. The molecule has 3 fully saturated rings. The third-order valence-electron chi connectivity index (χ3n) is 16.3. The molecule has 2 saturated heterocycles.